The Morgan fingerprint density at radius 3 is 2.70 bits per heavy atom. The standard InChI is InChI=1S/C27H19BrN4O8/c1-14(27(34)35)39-24-15(10-16(28)11-20(24)32(36)37)13-29-31-25(30-19-7-4-3-6-17(19)26(31)33)23-12-18-21(38-2)8-5-9-22(18)40-23/h3-14H,1-2H3,(H,34,35)/t14-/m0/s1. The van der Waals surface area contributed by atoms with Crippen LogP contribution in [0.3, 0.4) is 0 Å². The molecule has 0 radical (unpaired) electrons. The number of carboxylic acid groups (broad SMARTS) is 1. The van der Waals surface area contributed by atoms with Gasteiger partial charge in [-0.1, -0.05) is 34.1 Å². The van der Waals surface area contributed by atoms with Gasteiger partial charge in [-0.2, -0.15) is 9.78 Å². The maximum Gasteiger partial charge on any atom is 0.344 e. The van der Waals surface area contributed by atoms with E-state index in [2.05, 4.69) is 26.0 Å². The lowest BCUT2D eigenvalue weighted by Crippen LogP contribution is -2.24. The van der Waals surface area contributed by atoms with Crippen molar-refractivity contribution in [2.45, 2.75) is 13.0 Å². The van der Waals surface area contributed by atoms with Gasteiger partial charge in [0.2, 0.25) is 11.6 Å². The monoisotopic (exact) mass is 606 g/mol. The van der Waals surface area contributed by atoms with Crippen LogP contribution in [0.5, 0.6) is 11.5 Å². The largest absolute Gasteiger partial charge is 0.496 e. The summed E-state index contributed by atoms with van der Waals surface area (Å²) in [7, 11) is 1.53. The number of hydrogen-bond acceptors (Lipinski definition) is 9. The van der Waals surface area contributed by atoms with Crippen molar-refractivity contribution in [2.75, 3.05) is 7.11 Å². The number of nitro benzene ring substituents is 1. The van der Waals surface area contributed by atoms with Crippen molar-refractivity contribution in [1.29, 1.82) is 0 Å². The third-order valence-electron chi connectivity index (χ3n) is 5.93. The van der Waals surface area contributed by atoms with Crippen LogP contribution in [0.4, 0.5) is 5.69 Å². The molecule has 0 aliphatic heterocycles. The van der Waals surface area contributed by atoms with Crippen molar-refractivity contribution < 1.29 is 28.7 Å². The predicted octanol–water partition coefficient (Wildman–Crippen LogP) is 5.22. The lowest BCUT2D eigenvalue weighted by molar-refractivity contribution is -0.386. The summed E-state index contributed by atoms with van der Waals surface area (Å²) in [6, 6.07) is 16.2. The Balaban J connectivity index is 1.74. The number of hydrogen-bond donors (Lipinski definition) is 1. The topological polar surface area (TPSA) is 159 Å². The van der Waals surface area contributed by atoms with Crippen LogP contribution in [0.15, 0.2) is 79.4 Å². The fourth-order valence-electron chi connectivity index (χ4n) is 4.02. The predicted molar refractivity (Wildman–Crippen MR) is 149 cm³/mol. The summed E-state index contributed by atoms with van der Waals surface area (Å²) in [5, 5.41) is 26.3. The molecule has 13 heteroatoms. The first-order valence-electron chi connectivity index (χ1n) is 11.7. The van der Waals surface area contributed by atoms with Crippen molar-refractivity contribution in [3.05, 3.63) is 91.2 Å². The maximum atomic E-state index is 13.6. The van der Waals surface area contributed by atoms with Gasteiger partial charge in [0.1, 0.15) is 11.3 Å². The van der Waals surface area contributed by atoms with E-state index in [9.17, 15) is 24.8 Å². The first-order chi connectivity index (χ1) is 19.2. The second kappa shape index (κ2) is 10.6. The number of rotatable bonds is 8. The first kappa shape index (κ1) is 26.6. The van der Waals surface area contributed by atoms with E-state index in [1.54, 1.807) is 48.5 Å². The summed E-state index contributed by atoms with van der Waals surface area (Å²) < 4.78 is 18.2. The molecular weight excluding hydrogens is 588 g/mol. The van der Waals surface area contributed by atoms with E-state index >= 15 is 0 Å². The minimum atomic E-state index is -1.40. The smallest absolute Gasteiger partial charge is 0.344 e. The van der Waals surface area contributed by atoms with Crippen molar-refractivity contribution in [2.24, 2.45) is 5.10 Å². The van der Waals surface area contributed by atoms with Gasteiger partial charge in [-0.15, -0.1) is 0 Å². The number of halogens is 1. The summed E-state index contributed by atoms with van der Waals surface area (Å²) >= 11 is 3.22. The molecule has 0 spiro atoms. The zero-order chi connectivity index (χ0) is 28.6. The molecule has 3 aromatic carbocycles. The summed E-state index contributed by atoms with van der Waals surface area (Å²) in [5.74, 6) is -0.817. The number of benzene rings is 3. The zero-order valence-corrected chi connectivity index (χ0v) is 22.5. The number of para-hydroxylation sites is 1. The van der Waals surface area contributed by atoms with Gasteiger partial charge >= 0.3 is 11.7 Å². The number of fused-ring (bicyclic) bond motifs is 2. The molecular formula is C27H19BrN4O8. The molecule has 0 aliphatic rings. The molecule has 40 heavy (non-hydrogen) atoms. The Labute approximate surface area is 233 Å². The first-order valence-corrected chi connectivity index (χ1v) is 12.5. The molecule has 0 saturated carbocycles. The van der Waals surface area contributed by atoms with Gasteiger partial charge in [0, 0.05) is 16.1 Å². The molecule has 2 heterocycles. The molecule has 5 rings (SSSR count). The van der Waals surface area contributed by atoms with Crippen molar-refractivity contribution >= 4 is 55.7 Å². The van der Waals surface area contributed by atoms with Gasteiger partial charge in [0.15, 0.2) is 11.9 Å². The van der Waals surface area contributed by atoms with E-state index in [1.807, 2.05) is 0 Å². The van der Waals surface area contributed by atoms with Crippen LogP contribution < -0.4 is 15.0 Å². The molecule has 5 aromatic rings. The van der Waals surface area contributed by atoms with Crippen molar-refractivity contribution in [3.8, 4) is 23.1 Å². The van der Waals surface area contributed by atoms with Gasteiger partial charge in [0.05, 0.1) is 34.5 Å². The molecule has 0 fully saturated rings. The molecule has 12 nitrogen and oxygen atoms in total. The minimum absolute atomic E-state index is 0.0476. The highest BCUT2D eigenvalue weighted by molar-refractivity contribution is 9.10. The summed E-state index contributed by atoms with van der Waals surface area (Å²) in [6.07, 6.45) is -0.245. The maximum absolute atomic E-state index is 13.6. The van der Waals surface area contributed by atoms with Gasteiger partial charge in [0.25, 0.3) is 5.56 Å². The Hall–Kier alpha value is -5.04. The molecule has 1 N–H and O–H groups in total. The van der Waals surface area contributed by atoms with Crippen LogP contribution in [-0.2, 0) is 4.79 Å². The second-order valence-electron chi connectivity index (χ2n) is 8.50. The van der Waals surface area contributed by atoms with Crippen LogP contribution in [0.1, 0.15) is 12.5 Å². The third-order valence-corrected chi connectivity index (χ3v) is 6.39. The highest BCUT2D eigenvalue weighted by atomic mass is 79.9. The summed E-state index contributed by atoms with van der Waals surface area (Å²) in [5.41, 5.74) is -0.0777. The van der Waals surface area contributed by atoms with Gasteiger partial charge < -0.3 is 19.0 Å². The number of nitro groups is 1. The van der Waals surface area contributed by atoms with Crippen LogP contribution in [0, 0.1) is 10.1 Å². The van der Waals surface area contributed by atoms with Gasteiger partial charge in [-0.05, 0) is 43.3 Å². The van der Waals surface area contributed by atoms with E-state index in [1.165, 1.54) is 26.2 Å². The van der Waals surface area contributed by atoms with Crippen LogP contribution in [0.2, 0.25) is 0 Å². The fraction of sp³-hybridized carbons (Fsp3) is 0.111. The molecule has 1 atom stereocenters. The number of nitrogens with zero attached hydrogens (tertiary/aromatic N) is 4. The molecule has 0 aliphatic carbocycles. The van der Waals surface area contributed by atoms with Crippen LogP contribution in [-0.4, -0.2) is 45.1 Å². The number of furan rings is 1. The molecule has 202 valence electrons. The number of aliphatic carboxylic acids is 1. The van der Waals surface area contributed by atoms with E-state index < -0.39 is 28.2 Å². The Morgan fingerprint density at radius 1 is 1.20 bits per heavy atom. The van der Waals surface area contributed by atoms with E-state index in [4.69, 9.17) is 13.9 Å². The summed E-state index contributed by atoms with van der Waals surface area (Å²) in [6.45, 7) is 1.24. The van der Waals surface area contributed by atoms with Crippen molar-refractivity contribution in [3.63, 3.8) is 0 Å². The number of carbonyl (C=O) groups is 1. The van der Waals surface area contributed by atoms with Crippen LogP contribution >= 0.6 is 15.9 Å². The molecule has 0 unspecified atom stereocenters. The molecule has 0 amide bonds. The number of ether oxygens (including phenoxy) is 2. The Bertz CT molecular complexity index is 1900. The second-order valence-corrected chi connectivity index (χ2v) is 9.41. The molecule has 0 saturated heterocycles. The Kier molecular flexibility index (Phi) is 7.05. The quantitative estimate of drug-likeness (QED) is 0.142. The summed E-state index contributed by atoms with van der Waals surface area (Å²) in [4.78, 5) is 40.7. The fourth-order valence-corrected chi connectivity index (χ4v) is 4.48. The van der Waals surface area contributed by atoms with E-state index in [0.29, 0.717) is 26.7 Å². The minimum Gasteiger partial charge on any atom is -0.496 e. The molecule has 2 aromatic heterocycles. The number of carboxylic acids is 1. The SMILES string of the molecule is COc1cccc2oc(-c3nc4ccccc4c(=O)n3N=Cc3cc(Br)cc([N+](=O)[O-])c3O[C@@H](C)C(=O)O)cc12. The normalized spacial score (nSPS) is 12.2. The van der Waals surface area contributed by atoms with Crippen LogP contribution in [0.25, 0.3) is 33.5 Å². The van der Waals surface area contributed by atoms with Gasteiger partial charge in [-0.25, -0.2) is 9.78 Å². The number of methoxy groups -OCH3 is 1. The Morgan fingerprint density at radius 2 is 1.98 bits per heavy atom. The third kappa shape index (κ3) is 4.89. The average molecular weight is 607 g/mol. The van der Waals surface area contributed by atoms with E-state index in [0.717, 1.165) is 10.9 Å². The van der Waals surface area contributed by atoms with Gasteiger partial charge in [-0.3, -0.25) is 14.9 Å². The average Bonchev–Trinajstić information content (AvgIpc) is 3.37. The lowest BCUT2D eigenvalue weighted by atomic mass is 10.2. The van der Waals surface area contributed by atoms with E-state index in [-0.39, 0.29) is 28.3 Å². The highest BCUT2D eigenvalue weighted by Crippen LogP contribution is 2.35. The highest BCUT2D eigenvalue weighted by Gasteiger charge is 2.25. The number of aromatic nitrogens is 2. The lowest BCUT2D eigenvalue weighted by Gasteiger charge is -2.13. The zero-order valence-electron chi connectivity index (χ0n) is 20.9. The molecule has 0 bridgehead atoms. The van der Waals surface area contributed by atoms with Crippen molar-refractivity contribution in [1.82, 2.24) is 9.66 Å².